The Morgan fingerprint density at radius 1 is 1.05 bits per heavy atom. The van der Waals surface area contributed by atoms with Gasteiger partial charge >= 0.3 is 0 Å². The summed E-state index contributed by atoms with van der Waals surface area (Å²) in [6.45, 7) is 9.95. The van der Waals surface area contributed by atoms with E-state index in [1.807, 2.05) is 63.2 Å². The van der Waals surface area contributed by atoms with E-state index in [1.165, 1.54) is 23.5 Å². The van der Waals surface area contributed by atoms with Gasteiger partial charge in [0.15, 0.2) is 5.01 Å². The van der Waals surface area contributed by atoms with Crippen molar-refractivity contribution in [2.75, 3.05) is 4.90 Å². The minimum Gasteiger partial charge on any atom is -0.460 e. The average molecular weight is 513 g/mol. The van der Waals surface area contributed by atoms with E-state index in [1.54, 1.807) is 34.1 Å². The Bertz CT molecular complexity index is 1590. The number of aromatic nitrogens is 3. The molecule has 0 fully saturated rings. The number of carbonyl (C=O) groups is 1. The first kappa shape index (κ1) is 24.4. The van der Waals surface area contributed by atoms with Gasteiger partial charge in [0.2, 0.25) is 0 Å². The molecule has 2 heterocycles. The van der Waals surface area contributed by atoms with Crippen LogP contribution in [0, 0.1) is 19.7 Å². The van der Waals surface area contributed by atoms with Gasteiger partial charge < -0.3 is 4.74 Å². The highest BCUT2D eigenvalue weighted by molar-refractivity contribution is 7.13. The molecule has 37 heavy (non-hydrogen) atoms. The van der Waals surface area contributed by atoms with Crippen LogP contribution >= 0.6 is 11.3 Å². The molecular formula is C29H25FN4O2S. The normalized spacial score (nSPS) is 11.9. The van der Waals surface area contributed by atoms with Crippen LogP contribution in [0.25, 0.3) is 16.6 Å². The zero-order valence-corrected chi connectivity index (χ0v) is 21.5. The number of fused-ring (bicyclic) bond motifs is 1. The standard InChI is InChI=1S/C29H25FN4O2S/c1-18-5-9-24(10-6-18)33(29(35)28-31-16-19(2)37-28)20(3)21(4)36-26-13-14-27-22(15-26)17-32-34(27)25-11-7-23(30)8-12-25/h5-17,20H,4H2,1-3H3/t20-/m0/s1. The molecule has 0 saturated heterocycles. The van der Waals surface area contributed by atoms with Crippen LogP contribution in [-0.2, 0) is 0 Å². The molecule has 0 spiro atoms. The molecule has 0 bridgehead atoms. The number of hydrogen-bond acceptors (Lipinski definition) is 5. The number of ether oxygens (including phenoxy) is 1. The minimum atomic E-state index is -0.475. The van der Waals surface area contributed by atoms with Crippen molar-refractivity contribution in [3.05, 3.63) is 113 Å². The fourth-order valence-corrected chi connectivity index (χ4v) is 4.72. The summed E-state index contributed by atoms with van der Waals surface area (Å²) in [6, 6.07) is 19.0. The molecule has 0 radical (unpaired) electrons. The fourth-order valence-electron chi connectivity index (χ4n) is 4.02. The zero-order chi connectivity index (χ0) is 26.1. The Morgan fingerprint density at radius 3 is 2.46 bits per heavy atom. The number of thiazole rings is 1. The van der Waals surface area contributed by atoms with E-state index in [2.05, 4.69) is 16.7 Å². The molecule has 8 heteroatoms. The highest BCUT2D eigenvalue weighted by Gasteiger charge is 2.28. The SMILES string of the molecule is C=C(Oc1ccc2c(cnn2-c2ccc(F)cc2)c1)[C@H](C)N(C(=O)c1ncc(C)s1)c1ccc(C)cc1. The number of rotatable bonds is 7. The molecule has 5 aromatic rings. The molecule has 0 aliphatic rings. The lowest BCUT2D eigenvalue weighted by molar-refractivity contribution is 0.0977. The fraction of sp³-hybridized carbons (Fsp3) is 0.138. The second kappa shape index (κ2) is 9.99. The molecule has 0 aliphatic heterocycles. The van der Waals surface area contributed by atoms with E-state index in [0.717, 1.165) is 32.7 Å². The van der Waals surface area contributed by atoms with Gasteiger partial charge in [-0.25, -0.2) is 14.1 Å². The summed E-state index contributed by atoms with van der Waals surface area (Å²) in [4.78, 5) is 20.4. The van der Waals surface area contributed by atoms with Crippen molar-refractivity contribution < 1.29 is 13.9 Å². The lowest BCUT2D eigenvalue weighted by Gasteiger charge is -2.30. The summed E-state index contributed by atoms with van der Waals surface area (Å²) in [6.07, 6.45) is 3.42. The van der Waals surface area contributed by atoms with Crippen molar-refractivity contribution in [1.29, 1.82) is 0 Å². The zero-order valence-electron chi connectivity index (χ0n) is 20.7. The Labute approximate surface area is 218 Å². The first-order valence-electron chi connectivity index (χ1n) is 11.7. The van der Waals surface area contributed by atoms with Gasteiger partial charge in [0.05, 0.1) is 23.4 Å². The first-order chi connectivity index (χ1) is 17.8. The van der Waals surface area contributed by atoms with Gasteiger partial charge in [-0.15, -0.1) is 11.3 Å². The molecule has 0 aliphatic carbocycles. The molecule has 3 aromatic carbocycles. The van der Waals surface area contributed by atoms with Crippen LogP contribution in [-0.4, -0.2) is 26.7 Å². The maximum Gasteiger partial charge on any atom is 0.287 e. The van der Waals surface area contributed by atoms with E-state index >= 15 is 0 Å². The van der Waals surface area contributed by atoms with E-state index < -0.39 is 6.04 Å². The second-order valence-corrected chi connectivity index (χ2v) is 10.0. The number of hydrogen-bond donors (Lipinski definition) is 0. The van der Waals surface area contributed by atoms with Crippen molar-refractivity contribution in [3.63, 3.8) is 0 Å². The number of halogens is 1. The molecule has 0 unspecified atom stereocenters. The van der Waals surface area contributed by atoms with Crippen LogP contribution in [0.5, 0.6) is 5.75 Å². The lowest BCUT2D eigenvalue weighted by Crippen LogP contribution is -2.40. The molecule has 1 atom stereocenters. The summed E-state index contributed by atoms with van der Waals surface area (Å²) in [5.41, 5.74) is 3.44. The Morgan fingerprint density at radius 2 is 1.78 bits per heavy atom. The highest BCUT2D eigenvalue weighted by atomic mass is 32.1. The molecule has 5 rings (SSSR count). The van der Waals surface area contributed by atoms with E-state index in [0.29, 0.717) is 16.5 Å². The topological polar surface area (TPSA) is 60.2 Å². The van der Waals surface area contributed by atoms with Crippen molar-refractivity contribution in [2.45, 2.75) is 26.8 Å². The van der Waals surface area contributed by atoms with Crippen LogP contribution in [0.3, 0.4) is 0 Å². The van der Waals surface area contributed by atoms with Crippen LogP contribution in [0.15, 0.2) is 91.5 Å². The van der Waals surface area contributed by atoms with Crippen LogP contribution in [0.2, 0.25) is 0 Å². The summed E-state index contributed by atoms with van der Waals surface area (Å²) < 4.78 is 21.2. The largest absolute Gasteiger partial charge is 0.460 e. The molecule has 2 aromatic heterocycles. The van der Waals surface area contributed by atoms with Gasteiger partial charge in [-0.3, -0.25) is 9.69 Å². The second-order valence-electron chi connectivity index (χ2n) is 8.78. The van der Waals surface area contributed by atoms with Gasteiger partial charge in [-0.1, -0.05) is 24.3 Å². The van der Waals surface area contributed by atoms with Crippen LogP contribution < -0.4 is 9.64 Å². The van der Waals surface area contributed by atoms with Crippen molar-refractivity contribution in [2.24, 2.45) is 0 Å². The molecule has 6 nitrogen and oxygen atoms in total. The molecule has 0 N–H and O–H groups in total. The van der Waals surface area contributed by atoms with Gasteiger partial charge in [0.1, 0.15) is 17.3 Å². The van der Waals surface area contributed by atoms with Crippen molar-refractivity contribution in [3.8, 4) is 11.4 Å². The average Bonchev–Trinajstić information content (AvgIpc) is 3.51. The predicted octanol–water partition coefficient (Wildman–Crippen LogP) is 6.87. The Balaban J connectivity index is 1.41. The monoisotopic (exact) mass is 512 g/mol. The van der Waals surface area contributed by atoms with Crippen molar-refractivity contribution >= 4 is 33.8 Å². The number of anilines is 1. The molecular weight excluding hydrogens is 487 g/mol. The Hall–Kier alpha value is -4.30. The van der Waals surface area contributed by atoms with Crippen LogP contribution in [0.4, 0.5) is 10.1 Å². The number of nitrogens with zero attached hydrogens (tertiary/aromatic N) is 4. The van der Waals surface area contributed by atoms with E-state index in [-0.39, 0.29) is 11.7 Å². The maximum absolute atomic E-state index is 13.5. The first-order valence-corrected chi connectivity index (χ1v) is 12.5. The summed E-state index contributed by atoms with van der Waals surface area (Å²) in [5.74, 6) is 0.471. The van der Waals surface area contributed by atoms with Gasteiger partial charge in [-0.2, -0.15) is 5.10 Å². The smallest absolute Gasteiger partial charge is 0.287 e. The third-order valence-corrected chi connectivity index (χ3v) is 6.95. The third kappa shape index (κ3) is 5.01. The lowest BCUT2D eigenvalue weighted by atomic mass is 10.1. The number of benzene rings is 3. The highest BCUT2D eigenvalue weighted by Crippen LogP contribution is 2.29. The number of carbonyl (C=O) groups excluding carboxylic acids is 1. The summed E-state index contributed by atoms with van der Waals surface area (Å²) in [5, 5.41) is 5.71. The quantitative estimate of drug-likeness (QED) is 0.223. The summed E-state index contributed by atoms with van der Waals surface area (Å²) in [7, 11) is 0. The van der Waals surface area contributed by atoms with Crippen molar-refractivity contribution in [1.82, 2.24) is 14.8 Å². The minimum absolute atomic E-state index is 0.213. The van der Waals surface area contributed by atoms with Gasteiger partial charge in [0, 0.05) is 22.1 Å². The molecule has 186 valence electrons. The molecule has 1 amide bonds. The van der Waals surface area contributed by atoms with Gasteiger partial charge in [-0.05, 0) is 75.4 Å². The third-order valence-electron chi connectivity index (χ3n) is 6.05. The number of amides is 1. The molecule has 0 saturated carbocycles. The van der Waals surface area contributed by atoms with E-state index in [4.69, 9.17) is 4.74 Å². The van der Waals surface area contributed by atoms with E-state index in [9.17, 15) is 9.18 Å². The Kier molecular flexibility index (Phi) is 6.58. The predicted molar refractivity (Wildman–Crippen MR) is 145 cm³/mol. The van der Waals surface area contributed by atoms with Gasteiger partial charge in [0.25, 0.3) is 5.91 Å². The number of aryl methyl sites for hydroxylation is 2. The summed E-state index contributed by atoms with van der Waals surface area (Å²) >= 11 is 1.35. The van der Waals surface area contributed by atoms with Crippen LogP contribution in [0.1, 0.15) is 27.2 Å². The maximum atomic E-state index is 13.5.